The number of aromatic nitrogens is 2. The van der Waals surface area contributed by atoms with Crippen molar-refractivity contribution >= 4 is 40.3 Å². The molecular formula is C19H18ClFN4OS. The zero-order valence-corrected chi connectivity index (χ0v) is 16.1. The van der Waals surface area contributed by atoms with Crippen LogP contribution in [0, 0.1) is 5.82 Å². The molecule has 0 aliphatic rings. The van der Waals surface area contributed by atoms with E-state index < -0.39 is 5.82 Å². The summed E-state index contributed by atoms with van der Waals surface area (Å²) in [7, 11) is 0. The lowest BCUT2D eigenvalue weighted by Crippen LogP contribution is -2.18. The van der Waals surface area contributed by atoms with Crippen LogP contribution >= 0.6 is 23.8 Å². The van der Waals surface area contributed by atoms with Crippen LogP contribution in [0.15, 0.2) is 54.9 Å². The molecule has 0 atom stereocenters. The summed E-state index contributed by atoms with van der Waals surface area (Å²) in [6, 6.07) is 12.2. The van der Waals surface area contributed by atoms with Crippen molar-refractivity contribution in [2.75, 3.05) is 10.6 Å². The number of hydrogen-bond donors (Lipinski definition) is 2. The number of benzene rings is 2. The second-order valence-electron chi connectivity index (χ2n) is 5.75. The second kappa shape index (κ2) is 8.83. The lowest BCUT2D eigenvalue weighted by atomic mass is 10.2. The highest BCUT2D eigenvalue weighted by Gasteiger charge is 2.05. The Bertz CT molecular complexity index is 930. The molecule has 0 aliphatic heterocycles. The van der Waals surface area contributed by atoms with E-state index in [2.05, 4.69) is 22.7 Å². The maximum absolute atomic E-state index is 13.2. The Balaban J connectivity index is 1.52. The lowest BCUT2D eigenvalue weighted by molar-refractivity contribution is 0.221. The molecule has 0 saturated heterocycles. The molecule has 27 heavy (non-hydrogen) atoms. The van der Waals surface area contributed by atoms with Crippen molar-refractivity contribution in [2.24, 2.45) is 0 Å². The van der Waals surface area contributed by atoms with Crippen LogP contribution in [-0.2, 0) is 13.2 Å². The van der Waals surface area contributed by atoms with Crippen LogP contribution in [0.2, 0.25) is 5.02 Å². The predicted octanol–water partition coefficient (Wildman–Crippen LogP) is 5.08. The second-order valence-corrected chi connectivity index (χ2v) is 6.56. The highest BCUT2D eigenvalue weighted by Crippen LogP contribution is 2.19. The Kier molecular flexibility index (Phi) is 6.26. The zero-order valence-electron chi connectivity index (χ0n) is 14.6. The molecule has 0 aliphatic carbocycles. The number of ether oxygens (including phenoxy) is 1. The maximum atomic E-state index is 13.2. The van der Waals surface area contributed by atoms with E-state index in [1.54, 1.807) is 23.1 Å². The molecule has 2 N–H and O–H groups in total. The molecule has 3 rings (SSSR count). The number of thiocarbonyl (C=S) groups is 1. The molecule has 8 heteroatoms. The van der Waals surface area contributed by atoms with Gasteiger partial charge in [-0.15, -0.1) is 0 Å². The van der Waals surface area contributed by atoms with Crippen molar-refractivity contribution in [2.45, 2.75) is 20.1 Å². The summed E-state index contributed by atoms with van der Waals surface area (Å²) in [5.74, 6) is 0.300. The number of nitrogens with one attached hydrogen (secondary N) is 2. The summed E-state index contributed by atoms with van der Waals surface area (Å²) in [6.45, 7) is 2.39. The third-order valence-corrected chi connectivity index (χ3v) is 4.26. The van der Waals surface area contributed by atoms with Crippen LogP contribution in [0.25, 0.3) is 0 Å². The molecule has 5 nitrogen and oxygen atoms in total. The van der Waals surface area contributed by atoms with Crippen molar-refractivity contribution in [3.05, 3.63) is 71.3 Å². The van der Waals surface area contributed by atoms with Gasteiger partial charge in [0, 0.05) is 5.69 Å². The average molecular weight is 405 g/mol. The van der Waals surface area contributed by atoms with Crippen LogP contribution in [0.5, 0.6) is 5.75 Å². The van der Waals surface area contributed by atoms with E-state index in [1.165, 1.54) is 17.7 Å². The Labute approximate surface area is 167 Å². The topological polar surface area (TPSA) is 51.1 Å². The molecule has 1 aromatic heterocycles. The maximum Gasteiger partial charge on any atom is 0.180 e. The number of nitrogens with zero attached hydrogens (tertiary/aromatic N) is 2. The van der Waals surface area contributed by atoms with Gasteiger partial charge in [0.1, 0.15) is 11.6 Å². The first-order chi connectivity index (χ1) is 13.0. The molecule has 0 bridgehead atoms. The van der Waals surface area contributed by atoms with E-state index >= 15 is 0 Å². The van der Waals surface area contributed by atoms with Gasteiger partial charge >= 0.3 is 0 Å². The Morgan fingerprint density at radius 3 is 2.63 bits per heavy atom. The third kappa shape index (κ3) is 5.42. The van der Waals surface area contributed by atoms with Crippen LogP contribution in [0.1, 0.15) is 12.5 Å². The molecule has 0 radical (unpaired) electrons. The van der Waals surface area contributed by atoms with Crippen LogP contribution < -0.4 is 15.4 Å². The van der Waals surface area contributed by atoms with E-state index in [4.69, 9.17) is 28.6 Å². The zero-order chi connectivity index (χ0) is 19.2. The van der Waals surface area contributed by atoms with Gasteiger partial charge in [-0.2, -0.15) is 5.10 Å². The largest absolute Gasteiger partial charge is 0.471 e. The van der Waals surface area contributed by atoms with Gasteiger partial charge in [0.25, 0.3) is 0 Å². The van der Waals surface area contributed by atoms with Gasteiger partial charge < -0.3 is 15.4 Å². The predicted molar refractivity (Wildman–Crippen MR) is 110 cm³/mol. The summed E-state index contributed by atoms with van der Waals surface area (Å²) in [4.78, 5) is 0. The Morgan fingerprint density at radius 1 is 1.19 bits per heavy atom. The minimum Gasteiger partial charge on any atom is -0.471 e. The van der Waals surface area contributed by atoms with Crippen molar-refractivity contribution < 1.29 is 9.13 Å². The minimum atomic E-state index is -0.480. The molecule has 3 aromatic rings. The molecule has 0 fully saturated rings. The smallest absolute Gasteiger partial charge is 0.180 e. The number of aryl methyl sites for hydroxylation is 1. The number of rotatable bonds is 6. The quantitative estimate of drug-likeness (QED) is 0.561. The summed E-state index contributed by atoms with van der Waals surface area (Å²) in [6.07, 6.45) is 4.40. The Morgan fingerprint density at radius 2 is 1.93 bits per heavy atom. The minimum absolute atomic E-state index is 0.0275. The SMILES string of the molecule is CCc1ccc(OCn2cc(NC(=S)Nc3ccc(F)c(Cl)c3)cn2)cc1. The summed E-state index contributed by atoms with van der Waals surface area (Å²) < 4.78 is 20.5. The van der Waals surface area contributed by atoms with Gasteiger partial charge in [-0.05, 0) is 54.5 Å². The fraction of sp³-hybridized carbons (Fsp3) is 0.158. The Hall–Kier alpha value is -2.64. The molecular weight excluding hydrogens is 387 g/mol. The van der Waals surface area contributed by atoms with Crippen molar-refractivity contribution in [3.63, 3.8) is 0 Å². The van der Waals surface area contributed by atoms with E-state index in [0.717, 1.165) is 12.2 Å². The lowest BCUT2D eigenvalue weighted by Gasteiger charge is -2.09. The van der Waals surface area contributed by atoms with Gasteiger partial charge in [-0.1, -0.05) is 30.7 Å². The molecule has 0 unspecified atom stereocenters. The van der Waals surface area contributed by atoms with Crippen molar-refractivity contribution in [3.8, 4) is 5.75 Å². The van der Waals surface area contributed by atoms with E-state index in [1.807, 2.05) is 24.3 Å². The van der Waals surface area contributed by atoms with Gasteiger partial charge in [0.05, 0.1) is 23.1 Å². The molecule has 0 saturated carbocycles. The highest BCUT2D eigenvalue weighted by atomic mass is 35.5. The average Bonchev–Trinajstić information content (AvgIpc) is 3.10. The van der Waals surface area contributed by atoms with Crippen molar-refractivity contribution in [1.29, 1.82) is 0 Å². The first-order valence-electron chi connectivity index (χ1n) is 8.30. The van der Waals surface area contributed by atoms with Crippen LogP contribution in [0.3, 0.4) is 0 Å². The fourth-order valence-corrected chi connectivity index (χ4v) is 2.74. The van der Waals surface area contributed by atoms with E-state index in [0.29, 0.717) is 16.5 Å². The summed E-state index contributed by atoms with van der Waals surface area (Å²) in [5, 5.41) is 10.5. The van der Waals surface area contributed by atoms with Crippen LogP contribution in [-0.4, -0.2) is 14.9 Å². The number of halogens is 2. The molecule has 0 amide bonds. The molecule has 140 valence electrons. The fourth-order valence-electron chi connectivity index (χ4n) is 2.33. The van der Waals surface area contributed by atoms with Crippen LogP contribution in [0.4, 0.5) is 15.8 Å². The normalized spacial score (nSPS) is 10.5. The summed E-state index contributed by atoms with van der Waals surface area (Å²) in [5.41, 5.74) is 2.55. The van der Waals surface area contributed by atoms with E-state index in [9.17, 15) is 4.39 Å². The number of anilines is 2. The number of hydrogen-bond acceptors (Lipinski definition) is 3. The standard InChI is InChI=1S/C19H18ClFN4OS/c1-2-13-3-6-16(7-4-13)26-12-25-11-15(10-22-25)24-19(27)23-14-5-8-18(21)17(20)9-14/h3-11H,2,12H2,1H3,(H2,23,24,27). The van der Waals surface area contributed by atoms with E-state index in [-0.39, 0.29) is 11.8 Å². The highest BCUT2D eigenvalue weighted by molar-refractivity contribution is 7.80. The monoisotopic (exact) mass is 404 g/mol. The first-order valence-corrected chi connectivity index (χ1v) is 9.09. The summed E-state index contributed by atoms with van der Waals surface area (Å²) >= 11 is 11.0. The molecule has 1 heterocycles. The van der Waals surface area contributed by atoms with Gasteiger partial charge in [0.2, 0.25) is 0 Å². The third-order valence-electron chi connectivity index (χ3n) is 3.76. The van der Waals surface area contributed by atoms with Gasteiger partial charge in [-0.25, -0.2) is 9.07 Å². The van der Waals surface area contributed by atoms with Crippen molar-refractivity contribution in [1.82, 2.24) is 9.78 Å². The molecule has 0 spiro atoms. The van der Waals surface area contributed by atoms with Gasteiger partial charge in [-0.3, -0.25) is 0 Å². The van der Waals surface area contributed by atoms with Gasteiger partial charge in [0.15, 0.2) is 11.8 Å². The molecule has 2 aromatic carbocycles. The first kappa shape index (κ1) is 19.1.